The third-order valence-electron chi connectivity index (χ3n) is 4.57. The Kier molecular flexibility index (Phi) is 4.24. The van der Waals surface area contributed by atoms with Gasteiger partial charge in [-0.1, -0.05) is 12.1 Å². The van der Waals surface area contributed by atoms with Crippen LogP contribution >= 0.6 is 0 Å². The molecule has 24 heavy (non-hydrogen) atoms. The van der Waals surface area contributed by atoms with Crippen LogP contribution in [0, 0.1) is 11.3 Å². The molecule has 1 spiro atoms. The molecule has 0 bridgehead atoms. The molecule has 2 aliphatic heterocycles. The van der Waals surface area contributed by atoms with Gasteiger partial charge in [-0.15, -0.1) is 0 Å². The Morgan fingerprint density at radius 1 is 1.33 bits per heavy atom. The van der Waals surface area contributed by atoms with Crippen molar-refractivity contribution in [2.24, 2.45) is 0 Å². The van der Waals surface area contributed by atoms with Crippen LogP contribution in [0.1, 0.15) is 24.0 Å². The molecule has 0 radical (unpaired) electrons. The number of amides is 1. The van der Waals surface area contributed by atoms with Crippen LogP contribution in [-0.2, 0) is 20.5 Å². The number of nitriles is 1. The van der Waals surface area contributed by atoms with Crippen molar-refractivity contribution in [1.29, 1.82) is 5.26 Å². The lowest BCUT2D eigenvalue weighted by Crippen LogP contribution is -2.48. The van der Waals surface area contributed by atoms with Gasteiger partial charge in [0, 0.05) is 33.0 Å². The summed E-state index contributed by atoms with van der Waals surface area (Å²) < 4.78 is 32.1. The fourth-order valence-corrected chi connectivity index (χ4v) is 4.78. The van der Waals surface area contributed by atoms with Crippen LogP contribution in [0.25, 0.3) is 0 Å². The van der Waals surface area contributed by atoms with Gasteiger partial charge in [-0.2, -0.15) is 5.26 Å². The van der Waals surface area contributed by atoms with Gasteiger partial charge in [-0.05, 0) is 17.7 Å². The molecule has 0 N–H and O–H groups in total. The van der Waals surface area contributed by atoms with E-state index in [-0.39, 0.29) is 11.8 Å². The maximum absolute atomic E-state index is 12.6. The lowest BCUT2D eigenvalue weighted by Gasteiger charge is -2.36. The average molecular weight is 349 g/mol. The summed E-state index contributed by atoms with van der Waals surface area (Å²) in [6.07, 6.45) is 0.654. The summed E-state index contributed by atoms with van der Waals surface area (Å²) in [5, 5.41) is 8.91. The van der Waals surface area contributed by atoms with Crippen molar-refractivity contribution in [3.05, 3.63) is 35.4 Å². The molecule has 2 aliphatic rings. The predicted molar refractivity (Wildman–Crippen MR) is 86.4 cm³/mol. The first-order valence-electron chi connectivity index (χ1n) is 7.75. The van der Waals surface area contributed by atoms with E-state index in [0.29, 0.717) is 43.6 Å². The summed E-state index contributed by atoms with van der Waals surface area (Å²) in [4.78, 5) is 13.1. The monoisotopic (exact) mass is 349 g/mol. The number of likely N-dealkylation sites (N-methyl/N-ethyl adjacent to an activating group) is 1. The Labute approximate surface area is 141 Å². The zero-order valence-corrected chi connectivity index (χ0v) is 14.3. The summed E-state index contributed by atoms with van der Waals surface area (Å²) in [5.74, 6) is -0.130. The standard InChI is InChI=1S/C16H19N3O4S/c1-18-12-16(23-15(18)20)5-7-19(8-6-16)24(21,22)11-14-4-2-3-13(9-14)10-17/h2-4,9H,5-8,11-12H2,1H3. The minimum atomic E-state index is -3.46. The topological polar surface area (TPSA) is 90.7 Å². The number of piperidine rings is 1. The van der Waals surface area contributed by atoms with Gasteiger partial charge >= 0.3 is 6.09 Å². The van der Waals surface area contributed by atoms with Gasteiger partial charge < -0.3 is 9.64 Å². The van der Waals surface area contributed by atoms with Crippen molar-refractivity contribution in [2.75, 3.05) is 26.7 Å². The highest BCUT2D eigenvalue weighted by atomic mass is 32.2. The van der Waals surface area contributed by atoms with Crippen molar-refractivity contribution >= 4 is 16.1 Å². The van der Waals surface area contributed by atoms with Crippen molar-refractivity contribution in [1.82, 2.24) is 9.21 Å². The van der Waals surface area contributed by atoms with E-state index < -0.39 is 15.6 Å². The lowest BCUT2D eigenvalue weighted by atomic mass is 9.92. The molecule has 3 rings (SSSR count). The van der Waals surface area contributed by atoms with Gasteiger partial charge in [0.1, 0.15) is 5.60 Å². The Hall–Kier alpha value is -2.11. The number of benzene rings is 1. The first-order valence-corrected chi connectivity index (χ1v) is 9.35. The van der Waals surface area contributed by atoms with E-state index in [9.17, 15) is 13.2 Å². The summed E-state index contributed by atoms with van der Waals surface area (Å²) in [6, 6.07) is 8.64. The maximum Gasteiger partial charge on any atom is 0.410 e. The molecule has 2 heterocycles. The maximum atomic E-state index is 12.6. The first kappa shape index (κ1) is 16.7. The molecular formula is C16H19N3O4S. The van der Waals surface area contributed by atoms with Crippen LogP contribution in [0.2, 0.25) is 0 Å². The van der Waals surface area contributed by atoms with E-state index in [0.717, 1.165) is 0 Å². The van der Waals surface area contributed by atoms with E-state index in [1.54, 1.807) is 31.3 Å². The van der Waals surface area contributed by atoms with Gasteiger partial charge in [-0.3, -0.25) is 0 Å². The molecule has 0 unspecified atom stereocenters. The normalized spacial score (nSPS) is 20.8. The molecule has 2 saturated heterocycles. The van der Waals surface area contributed by atoms with E-state index in [1.165, 1.54) is 9.21 Å². The van der Waals surface area contributed by atoms with Crippen molar-refractivity contribution in [3.8, 4) is 6.07 Å². The Bertz CT molecular complexity index is 792. The van der Waals surface area contributed by atoms with Gasteiger partial charge in [-0.25, -0.2) is 17.5 Å². The Morgan fingerprint density at radius 2 is 2.04 bits per heavy atom. The molecule has 1 aromatic carbocycles. The highest BCUT2D eigenvalue weighted by Gasteiger charge is 2.47. The predicted octanol–water partition coefficient (Wildman–Crippen LogP) is 1.30. The SMILES string of the molecule is CN1CC2(CCN(S(=O)(=O)Cc3cccc(C#N)c3)CC2)OC1=O. The van der Waals surface area contributed by atoms with Crippen LogP contribution in [0.5, 0.6) is 0 Å². The number of nitrogens with zero attached hydrogens (tertiary/aromatic N) is 3. The molecule has 2 fully saturated rings. The van der Waals surface area contributed by atoms with Gasteiger partial charge in [0.05, 0.1) is 23.9 Å². The van der Waals surface area contributed by atoms with E-state index >= 15 is 0 Å². The number of carbonyl (C=O) groups excluding carboxylic acids is 1. The summed E-state index contributed by atoms with van der Waals surface area (Å²) >= 11 is 0. The van der Waals surface area contributed by atoms with E-state index in [2.05, 4.69) is 0 Å². The second-order valence-electron chi connectivity index (χ2n) is 6.37. The first-order chi connectivity index (χ1) is 11.3. The molecule has 1 aromatic rings. The molecule has 0 aromatic heterocycles. The molecule has 0 saturated carbocycles. The molecular weight excluding hydrogens is 330 g/mol. The fraction of sp³-hybridized carbons (Fsp3) is 0.500. The number of hydrogen-bond acceptors (Lipinski definition) is 5. The zero-order chi connectivity index (χ0) is 17.4. The number of hydrogen-bond donors (Lipinski definition) is 0. The molecule has 1 amide bonds. The summed E-state index contributed by atoms with van der Waals surface area (Å²) in [5.41, 5.74) is 0.487. The number of rotatable bonds is 3. The van der Waals surface area contributed by atoms with E-state index in [4.69, 9.17) is 10.00 Å². The van der Waals surface area contributed by atoms with Crippen LogP contribution in [0.15, 0.2) is 24.3 Å². The van der Waals surface area contributed by atoms with Crippen molar-refractivity contribution < 1.29 is 17.9 Å². The fourth-order valence-electron chi connectivity index (χ4n) is 3.26. The Balaban J connectivity index is 1.67. The molecule has 8 heteroatoms. The largest absolute Gasteiger partial charge is 0.441 e. The highest BCUT2D eigenvalue weighted by molar-refractivity contribution is 7.88. The number of ether oxygens (including phenoxy) is 1. The minimum Gasteiger partial charge on any atom is -0.441 e. The van der Waals surface area contributed by atoms with Crippen LogP contribution < -0.4 is 0 Å². The quantitative estimate of drug-likeness (QED) is 0.820. The average Bonchev–Trinajstić information content (AvgIpc) is 2.81. The summed E-state index contributed by atoms with van der Waals surface area (Å²) in [7, 11) is -1.78. The molecule has 0 aliphatic carbocycles. The second-order valence-corrected chi connectivity index (χ2v) is 8.34. The van der Waals surface area contributed by atoms with Crippen LogP contribution in [0.4, 0.5) is 4.79 Å². The molecule has 0 atom stereocenters. The zero-order valence-electron chi connectivity index (χ0n) is 13.4. The minimum absolute atomic E-state index is 0.130. The van der Waals surface area contributed by atoms with Crippen molar-refractivity contribution in [2.45, 2.75) is 24.2 Å². The van der Waals surface area contributed by atoms with Gasteiger partial charge in [0.15, 0.2) is 0 Å². The van der Waals surface area contributed by atoms with E-state index in [1.807, 2.05) is 6.07 Å². The third kappa shape index (κ3) is 3.23. The molecule has 128 valence electrons. The second kappa shape index (κ2) is 6.07. The molecule has 7 nitrogen and oxygen atoms in total. The lowest BCUT2D eigenvalue weighted by molar-refractivity contribution is 0.0172. The van der Waals surface area contributed by atoms with Gasteiger partial charge in [0.2, 0.25) is 10.0 Å². The third-order valence-corrected chi connectivity index (χ3v) is 6.42. The smallest absolute Gasteiger partial charge is 0.410 e. The number of carbonyl (C=O) groups is 1. The highest BCUT2D eigenvalue weighted by Crippen LogP contribution is 2.33. The van der Waals surface area contributed by atoms with Crippen LogP contribution in [0.3, 0.4) is 0 Å². The van der Waals surface area contributed by atoms with Crippen molar-refractivity contribution in [3.63, 3.8) is 0 Å². The van der Waals surface area contributed by atoms with Gasteiger partial charge in [0.25, 0.3) is 0 Å². The Morgan fingerprint density at radius 3 is 2.62 bits per heavy atom. The summed E-state index contributed by atoms with van der Waals surface area (Å²) in [6.45, 7) is 1.17. The number of sulfonamides is 1. The van der Waals surface area contributed by atoms with Crippen LogP contribution in [-0.4, -0.2) is 56.0 Å².